The molecule has 0 saturated heterocycles. The number of hydrogen-bond donors (Lipinski definition) is 2. The van der Waals surface area contributed by atoms with E-state index in [1.165, 1.54) is 6.07 Å². The van der Waals surface area contributed by atoms with E-state index >= 15 is 0 Å². The highest BCUT2D eigenvalue weighted by Gasteiger charge is 2.15. The maximum Gasteiger partial charge on any atom is 0.511 e. The molecule has 1 heterocycles. The third-order valence-electron chi connectivity index (χ3n) is 1.37. The minimum Gasteiger partial charge on any atom is -0.449 e. The minimum atomic E-state index is -1.42. The average Bonchev–Trinajstić information content (AvgIpc) is 2.51. The molecule has 0 aliphatic carbocycles. The van der Waals surface area contributed by atoms with Crippen molar-refractivity contribution < 1.29 is 19.4 Å². The van der Waals surface area contributed by atoms with Crippen molar-refractivity contribution in [3.05, 3.63) is 16.3 Å². The van der Waals surface area contributed by atoms with Crippen molar-refractivity contribution in [3.8, 4) is 5.75 Å². The van der Waals surface area contributed by atoms with Gasteiger partial charge in [-0.15, -0.1) is 11.3 Å². The van der Waals surface area contributed by atoms with Crippen molar-refractivity contribution in [3.63, 3.8) is 0 Å². The predicted octanol–water partition coefficient (Wildman–Crippen LogP) is 1.55. The lowest BCUT2D eigenvalue weighted by Crippen LogP contribution is -2.22. The van der Waals surface area contributed by atoms with Gasteiger partial charge in [-0.25, -0.2) is 4.79 Å². The Kier molecular flexibility index (Phi) is 3.47. The van der Waals surface area contributed by atoms with Crippen molar-refractivity contribution in [1.29, 1.82) is 0 Å². The maximum absolute atomic E-state index is 11.3. The first-order chi connectivity index (χ1) is 6.65. The van der Waals surface area contributed by atoms with Crippen LogP contribution in [0.1, 0.15) is 16.6 Å². The Hall–Kier alpha value is -1.56. The number of thiophene rings is 1. The molecule has 0 fully saturated rings. The molecule has 2 N–H and O–H groups in total. The van der Waals surface area contributed by atoms with Gasteiger partial charge in [0.05, 0.1) is 0 Å². The molecular formula is C8H9NO4S. The van der Waals surface area contributed by atoms with Gasteiger partial charge in [0.15, 0.2) is 5.75 Å². The summed E-state index contributed by atoms with van der Waals surface area (Å²) in [6.07, 6.45) is -1.42. The summed E-state index contributed by atoms with van der Waals surface area (Å²) in [5, 5.41) is 12.5. The molecule has 0 unspecified atom stereocenters. The van der Waals surface area contributed by atoms with Gasteiger partial charge >= 0.3 is 6.16 Å². The first kappa shape index (κ1) is 10.5. The molecule has 76 valence electrons. The highest BCUT2D eigenvalue weighted by atomic mass is 32.1. The lowest BCUT2D eigenvalue weighted by atomic mass is 10.4. The molecule has 0 spiro atoms. The van der Waals surface area contributed by atoms with Gasteiger partial charge in [0.1, 0.15) is 4.88 Å². The van der Waals surface area contributed by atoms with Crippen LogP contribution in [0.4, 0.5) is 4.79 Å². The summed E-state index contributed by atoms with van der Waals surface area (Å²) < 4.78 is 4.42. The molecule has 0 bridgehead atoms. The van der Waals surface area contributed by atoms with Crippen LogP contribution in [-0.2, 0) is 0 Å². The lowest BCUT2D eigenvalue weighted by molar-refractivity contribution is 0.0956. The Morgan fingerprint density at radius 2 is 2.36 bits per heavy atom. The highest BCUT2D eigenvalue weighted by molar-refractivity contribution is 7.12. The molecule has 1 amide bonds. The van der Waals surface area contributed by atoms with E-state index in [1.807, 2.05) is 0 Å². The standard InChI is InChI=1S/C8H9NO4S/c1-2-9-7(10)6-5(3-4-14-6)13-8(11)12/h3-4H,2H2,1H3,(H,9,10)(H,11,12). The van der Waals surface area contributed by atoms with E-state index in [0.29, 0.717) is 6.54 Å². The van der Waals surface area contributed by atoms with Gasteiger partial charge in [0, 0.05) is 6.54 Å². The fourth-order valence-electron chi connectivity index (χ4n) is 0.878. The van der Waals surface area contributed by atoms with Crippen LogP contribution < -0.4 is 10.1 Å². The van der Waals surface area contributed by atoms with Crippen molar-refractivity contribution in [1.82, 2.24) is 5.32 Å². The topological polar surface area (TPSA) is 75.6 Å². The Balaban J connectivity index is 2.81. The van der Waals surface area contributed by atoms with Gasteiger partial charge in [-0.05, 0) is 18.4 Å². The third kappa shape index (κ3) is 2.46. The molecule has 0 aliphatic heterocycles. The predicted molar refractivity (Wildman–Crippen MR) is 51.0 cm³/mol. The Labute approximate surface area is 84.3 Å². The molecule has 0 saturated carbocycles. The second kappa shape index (κ2) is 4.61. The van der Waals surface area contributed by atoms with E-state index in [1.54, 1.807) is 12.3 Å². The van der Waals surface area contributed by atoms with Crippen LogP contribution in [0.3, 0.4) is 0 Å². The fraction of sp³-hybridized carbons (Fsp3) is 0.250. The molecule has 14 heavy (non-hydrogen) atoms. The van der Waals surface area contributed by atoms with Crippen molar-refractivity contribution in [2.75, 3.05) is 6.54 Å². The van der Waals surface area contributed by atoms with Gasteiger partial charge in [0.2, 0.25) is 0 Å². The molecule has 5 nitrogen and oxygen atoms in total. The van der Waals surface area contributed by atoms with Crippen LogP contribution in [0.25, 0.3) is 0 Å². The van der Waals surface area contributed by atoms with Gasteiger partial charge < -0.3 is 15.2 Å². The molecule has 1 aromatic rings. The van der Waals surface area contributed by atoms with Crippen LogP contribution in [0.15, 0.2) is 11.4 Å². The van der Waals surface area contributed by atoms with E-state index in [0.717, 1.165) is 11.3 Å². The fourth-order valence-corrected chi connectivity index (χ4v) is 1.61. The summed E-state index contributed by atoms with van der Waals surface area (Å²) >= 11 is 1.14. The number of hydrogen-bond acceptors (Lipinski definition) is 4. The highest BCUT2D eigenvalue weighted by Crippen LogP contribution is 2.24. The summed E-state index contributed by atoms with van der Waals surface area (Å²) in [6, 6.07) is 1.45. The summed E-state index contributed by atoms with van der Waals surface area (Å²) in [6.45, 7) is 2.27. The van der Waals surface area contributed by atoms with E-state index in [2.05, 4.69) is 10.1 Å². The van der Waals surface area contributed by atoms with Crippen LogP contribution in [0, 0.1) is 0 Å². The zero-order chi connectivity index (χ0) is 10.6. The quantitative estimate of drug-likeness (QED) is 0.750. The first-order valence-corrected chi connectivity index (χ1v) is 4.79. The zero-order valence-electron chi connectivity index (χ0n) is 7.44. The second-order valence-electron chi connectivity index (χ2n) is 2.34. The van der Waals surface area contributed by atoms with Crippen molar-refractivity contribution >= 4 is 23.4 Å². The number of carbonyl (C=O) groups is 2. The van der Waals surface area contributed by atoms with E-state index in [-0.39, 0.29) is 16.5 Å². The van der Waals surface area contributed by atoms with E-state index in [4.69, 9.17) is 5.11 Å². The average molecular weight is 215 g/mol. The molecule has 0 aromatic carbocycles. The third-order valence-corrected chi connectivity index (χ3v) is 2.26. The zero-order valence-corrected chi connectivity index (χ0v) is 8.26. The van der Waals surface area contributed by atoms with Crippen LogP contribution in [-0.4, -0.2) is 23.7 Å². The lowest BCUT2D eigenvalue weighted by Gasteiger charge is -2.01. The Bertz CT molecular complexity index is 347. The molecule has 6 heteroatoms. The number of rotatable bonds is 3. The van der Waals surface area contributed by atoms with Crippen LogP contribution in [0.5, 0.6) is 5.75 Å². The number of carbonyl (C=O) groups excluding carboxylic acids is 1. The van der Waals surface area contributed by atoms with Crippen LogP contribution >= 0.6 is 11.3 Å². The first-order valence-electron chi connectivity index (χ1n) is 3.91. The molecular weight excluding hydrogens is 206 g/mol. The number of nitrogens with one attached hydrogen (secondary N) is 1. The normalized spacial score (nSPS) is 9.50. The minimum absolute atomic E-state index is 0.0773. The summed E-state index contributed by atoms with van der Waals surface area (Å²) in [5.41, 5.74) is 0. The molecule has 0 atom stereocenters. The van der Waals surface area contributed by atoms with Gasteiger partial charge in [0.25, 0.3) is 5.91 Å². The molecule has 0 radical (unpaired) electrons. The van der Waals surface area contributed by atoms with Crippen molar-refractivity contribution in [2.24, 2.45) is 0 Å². The number of carboxylic acid groups (broad SMARTS) is 1. The summed E-state index contributed by atoms with van der Waals surface area (Å²) in [5.74, 6) is -0.243. The number of ether oxygens (including phenoxy) is 1. The largest absolute Gasteiger partial charge is 0.511 e. The molecule has 0 aliphatic rings. The van der Waals surface area contributed by atoms with Crippen molar-refractivity contribution in [2.45, 2.75) is 6.92 Å². The molecule has 1 rings (SSSR count). The smallest absolute Gasteiger partial charge is 0.449 e. The summed E-state index contributed by atoms with van der Waals surface area (Å²) in [7, 11) is 0. The Morgan fingerprint density at radius 1 is 1.64 bits per heavy atom. The van der Waals surface area contributed by atoms with E-state index < -0.39 is 6.16 Å². The van der Waals surface area contributed by atoms with E-state index in [9.17, 15) is 9.59 Å². The van der Waals surface area contributed by atoms with Crippen LogP contribution in [0.2, 0.25) is 0 Å². The van der Waals surface area contributed by atoms with Gasteiger partial charge in [-0.1, -0.05) is 0 Å². The second-order valence-corrected chi connectivity index (χ2v) is 3.26. The van der Waals surface area contributed by atoms with Gasteiger partial charge in [-0.3, -0.25) is 4.79 Å². The SMILES string of the molecule is CCNC(=O)c1sccc1OC(=O)O. The monoisotopic (exact) mass is 215 g/mol. The Morgan fingerprint density at radius 3 is 2.93 bits per heavy atom. The van der Waals surface area contributed by atoms with Gasteiger partial charge in [-0.2, -0.15) is 0 Å². The number of amides is 1. The molecule has 1 aromatic heterocycles. The maximum atomic E-state index is 11.3. The summed E-state index contributed by atoms with van der Waals surface area (Å²) in [4.78, 5) is 21.9.